The lowest BCUT2D eigenvalue weighted by Crippen LogP contribution is -2.32. The van der Waals surface area contributed by atoms with E-state index in [1.165, 1.54) is 11.3 Å². The third-order valence-electron chi connectivity index (χ3n) is 6.41. The summed E-state index contributed by atoms with van der Waals surface area (Å²) in [6.45, 7) is 2.03. The zero-order chi connectivity index (χ0) is 19.0. The van der Waals surface area contributed by atoms with Gasteiger partial charge in [0.1, 0.15) is 0 Å². The molecule has 5 unspecified atom stereocenters. The highest BCUT2D eigenvalue weighted by Gasteiger charge is 2.54. The fourth-order valence-corrected chi connectivity index (χ4v) is 5.73. The summed E-state index contributed by atoms with van der Waals surface area (Å²) in [5.41, 5.74) is 7.01. The smallest absolute Gasteiger partial charge is 0.307 e. The van der Waals surface area contributed by atoms with E-state index in [0.29, 0.717) is 23.8 Å². The van der Waals surface area contributed by atoms with Gasteiger partial charge in [0.05, 0.1) is 10.9 Å². The van der Waals surface area contributed by atoms with Gasteiger partial charge in [0.25, 0.3) is 0 Å². The largest absolute Gasteiger partial charge is 0.481 e. The molecule has 0 spiro atoms. The molecule has 0 aromatic carbocycles. The highest BCUT2D eigenvalue weighted by Crippen LogP contribution is 2.55. The van der Waals surface area contributed by atoms with E-state index in [-0.39, 0.29) is 5.92 Å². The Kier molecular flexibility index (Phi) is 5.32. The number of allylic oxidation sites excluding steroid dienone is 1. The quantitative estimate of drug-likeness (QED) is 0.697. The molecule has 27 heavy (non-hydrogen) atoms. The topological polar surface area (TPSA) is 86.6 Å². The number of aromatic nitrogens is 1. The van der Waals surface area contributed by atoms with Gasteiger partial charge in [-0.1, -0.05) is 0 Å². The van der Waals surface area contributed by atoms with Gasteiger partial charge in [-0.2, -0.15) is 5.10 Å². The van der Waals surface area contributed by atoms with E-state index in [2.05, 4.69) is 26.2 Å². The average Bonchev–Trinajstić information content (AvgIpc) is 3.16. The van der Waals surface area contributed by atoms with Crippen molar-refractivity contribution in [3.05, 3.63) is 27.4 Å². The molecule has 0 saturated heterocycles. The molecule has 0 radical (unpaired) electrons. The van der Waals surface area contributed by atoms with E-state index in [1.807, 2.05) is 20.2 Å². The number of rotatable bonds is 6. The zero-order valence-corrected chi connectivity index (χ0v) is 16.8. The summed E-state index contributed by atoms with van der Waals surface area (Å²) in [6.07, 6.45) is 7.82. The van der Waals surface area contributed by atoms with Crippen molar-refractivity contribution in [2.45, 2.75) is 51.5 Å². The first-order chi connectivity index (χ1) is 13.1. The number of thiazole rings is 1. The summed E-state index contributed by atoms with van der Waals surface area (Å²) in [6, 6.07) is 0.311. The molecule has 0 amide bonds. The minimum absolute atomic E-state index is 0.114. The normalized spacial score (nSPS) is 30.6. The van der Waals surface area contributed by atoms with Crippen LogP contribution < -0.4 is 10.7 Å². The Morgan fingerprint density at radius 2 is 2.19 bits per heavy atom. The maximum absolute atomic E-state index is 11.4. The lowest BCUT2D eigenvalue weighted by Gasteiger charge is -2.28. The van der Waals surface area contributed by atoms with E-state index in [4.69, 9.17) is 0 Å². The fraction of sp³-hybridized carbons (Fsp3) is 0.650. The van der Waals surface area contributed by atoms with E-state index >= 15 is 0 Å². The van der Waals surface area contributed by atoms with E-state index in [1.54, 1.807) is 11.3 Å². The Morgan fingerprint density at radius 3 is 2.89 bits per heavy atom. The standard InChI is InChI=1S/C20H28N4O2S/c1-11-10-27-18(23-11)8-13(21-2)7-17-14-5-6-16-15(19(16)20(25)26)4-3-12(14)9-22-24-17/h9-10,12-13,15-16,19,21,24H,3-8H2,1-2H3,(H,25,26). The van der Waals surface area contributed by atoms with Gasteiger partial charge < -0.3 is 10.4 Å². The van der Waals surface area contributed by atoms with Gasteiger partial charge in [-0.15, -0.1) is 11.3 Å². The van der Waals surface area contributed by atoms with Crippen molar-refractivity contribution in [2.24, 2.45) is 28.8 Å². The molecule has 1 aromatic rings. The molecule has 0 bridgehead atoms. The first kappa shape index (κ1) is 18.6. The van der Waals surface area contributed by atoms with Crippen LogP contribution in [0.5, 0.6) is 0 Å². The number of likely N-dealkylation sites (N-methyl/N-ethyl adjacent to an activating group) is 1. The van der Waals surface area contributed by atoms with E-state index in [0.717, 1.165) is 49.2 Å². The third kappa shape index (κ3) is 3.94. The highest BCUT2D eigenvalue weighted by molar-refractivity contribution is 7.09. The number of hydrogen-bond acceptors (Lipinski definition) is 6. The van der Waals surface area contributed by atoms with Gasteiger partial charge in [-0.25, -0.2) is 4.98 Å². The second-order valence-corrected chi connectivity index (χ2v) is 9.03. The van der Waals surface area contributed by atoms with Crippen LogP contribution in [0.2, 0.25) is 0 Å². The number of fused-ring (bicyclic) bond motifs is 2. The van der Waals surface area contributed by atoms with Crippen LogP contribution in [0.4, 0.5) is 0 Å². The number of aryl methyl sites for hydroxylation is 1. The van der Waals surface area contributed by atoms with Crippen molar-refractivity contribution in [1.29, 1.82) is 0 Å². The van der Waals surface area contributed by atoms with Crippen LogP contribution in [0, 0.1) is 30.6 Å². The number of nitrogens with one attached hydrogen (secondary N) is 2. The fourth-order valence-electron chi connectivity index (χ4n) is 4.88. The van der Waals surface area contributed by atoms with Crippen LogP contribution >= 0.6 is 11.3 Å². The summed E-state index contributed by atoms with van der Waals surface area (Å²) < 4.78 is 0. The number of carbonyl (C=O) groups is 1. The molecule has 3 aliphatic rings. The summed E-state index contributed by atoms with van der Waals surface area (Å²) in [5, 5.41) is 20.5. The van der Waals surface area contributed by atoms with Crippen molar-refractivity contribution in [2.75, 3.05) is 7.05 Å². The SMILES string of the molecule is CNC(CC1=C2CCC3C(CCC2C=NN1)C3C(=O)O)Cc1nc(C)cs1. The zero-order valence-electron chi connectivity index (χ0n) is 15.9. The Balaban J connectivity index is 1.47. The minimum atomic E-state index is -0.607. The molecule has 1 aliphatic heterocycles. The number of carboxylic acid groups (broad SMARTS) is 1. The third-order valence-corrected chi connectivity index (χ3v) is 7.40. The molecule has 4 rings (SSSR count). The van der Waals surface area contributed by atoms with Gasteiger partial charge in [0, 0.05) is 47.8 Å². The maximum atomic E-state index is 11.4. The second-order valence-electron chi connectivity index (χ2n) is 8.08. The van der Waals surface area contributed by atoms with E-state index < -0.39 is 5.97 Å². The molecule has 7 heteroatoms. The van der Waals surface area contributed by atoms with Gasteiger partial charge >= 0.3 is 5.97 Å². The minimum Gasteiger partial charge on any atom is -0.481 e. The molecule has 2 aliphatic carbocycles. The van der Waals surface area contributed by atoms with Crippen LogP contribution in [0.3, 0.4) is 0 Å². The Bertz CT molecular complexity index is 772. The highest BCUT2D eigenvalue weighted by atomic mass is 32.1. The maximum Gasteiger partial charge on any atom is 0.307 e. The van der Waals surface area contributed by atoms with Gasteiger partial charge in [-0.3, -0.25) is 10.2 Å². The number of hydrazone groups is 1. The van der Waals surface area contributed by atoms with Crippen LogP contribution in [-0.4, -0.2) is 35.4 Å². The number of nitrogens with zero attached hydrogens (tertiary/aromatic N) is 2. The van der Waals surface area contributed by atoms with Crippen molar-refractivity contribution in [3.63, 3.8) is 0 Å². The van der Waals surface area contributed by atoms with Crippen molar-refractivity contribution < 1.29 is 9.90 Å². The van der Waals surface area contributed by atoms with Gasteiger partial charge in [-0.05, 0) is 57.1 Å². The van der Waals surface area contributed by atoms with Crippen LogP contribution in [0.25, 0.3) is 0 Å². The average molecular weight is 389 g/mol. The molecule has 3 N–H and O–H groups in total. The lowest BCUT2D eigenvalue weighted by atomic mass is 9.84. The number of hydrogen-bond donors (Lipinski definition) is 3. The molecule has 2 heterocycles. The molecule has 5 atom stereocenters. The summed E-state index contributed by atoms with van der Waals surface area (Å²) in [5.74, 6) is 0.391. The van der Waals surface area contributed by atoms with Crippen molar-refractivity contribution >= 4 is 23.5 Å². The molecular weight excluding hydrogens is 360 g/mol. The van der Waals surface area contributed by atoms with Gasteiger partial charge in [0.15, 0.2) is 0 Å². The lowest BCUT2D eigenvalue weighted by molar-refractivity contribution is -0.139. The predicted octanol–water partition coefficient (Wildman–Crippen LogP) is 2.95. The molecular formula is C20H28N4O2S. The molecule has 1 aromatic heterocycles. The summed E-state index contributed by atoms with van der Waals surface area (Å²) in [7, 11) is 2.00. The summed E-state index contributed by atoms with van der Waals surface area (Å²) >= 11 is 1.72. The monoisotopic (exact) mass is 388 g/mol. The van der Waals surface area contributed by atoms with E-state index in [9.17, 15) is 9.90 Å². The molecule has 146 valence electrons. The van der Waals surface area contributed by atoms with Crippen molar-refractivity contribution in [1.82, 2.24) is 15.7 Å². The van der Waals surface area contributed by atoms with Crippen LogP contribution in [0.15, 0.2) is 21.8 Å². The predicted molar refractivity (Wildman–Crippen MR) is 107 cm³/mol. The first-order valence-electron chi connectivity index (χ1n) is 9.89. The van der Waals surface area contributed by atoms with Crippen LogP contribution in [-0.2, 0) is 11.2 Å². The number of carboxylic acids is 1. The first-order valence-corrected chi connectivity index (χ1v) is 10.8. The Morgan fingerprint density at radius 1 is 1.37 bits per heavy atom. The molecule has 2 fully saturated rings. The Hall–Kier alpha value is -1.73. The summed E-state index contributed by atoms with van der Waals surface area (Å²) in [4.78, 5) is 16.0. The van der Waals surface area contributed by atoms with Gasteiger partial charge in [0.2, 0.25) is 0 Å². The molecule has 6 nitrogen and oxygen atoms in total. The second kappa shape index (κ2) is 7.72. The van der Waals surface area contributed by atoms with Crippen molar-refractivity contribution in [3.8, 4) is 0 Å². The molecule has 2 saturated carbocycles. The number of aliphatic carboxylic acids is 1. The Labute approximate surface area is 164 Å². The van der Waals surface area contributed by atoms with Crippen LogP contribution in [0.1, 0.15) is 42.8 Å².